The summed E-state index contributed by atoms with van der Waals surface area (Å²) in [5.74, 6) is 0.706. The van der Waals surface area contributed by atoms with Gasteiger partial charge in [0.25, 0.3) is 0 Å². The number of hydrogen-bond donors (Lipinski definition) is 0. The van der Waals surface area contributed by atoms with Gasteiger partial charge in [-0.25, -0.2) is 18.3 Å². The van der Waals surface area contributed by atoms with Gasteiger partial charge in [0, 0.05) is 68.8 Å². The van der Waals surface area contributed by atoms with E-state index in [2.05, 4.69) is 328 Å². The van der Waals surface area contributed by atoms with Crippen LogP contribution in [0.25, 0.3) is 45.0 Å². The van der Waals surface area contributed by atoms with Gasteiger partial charge >= 0.3 is 0 Å². The summed E-state index contributed by atoms with van der Waals surface area (Å²) >= 11 is 0. The van der Waals surface area contributed by atoms with Gasteiger partial charge < -0.3 is 0 Å². The summed E-state index contributed by atoms with van der Waals surface area (Å²) in [6, 6.07) is 36.5. The maximum Gasteiger partial charge on any atom is 0.212 e. The quantitative estimate of drug-likeness (QED) is 0.128. The van der Waals surface area contributed by atoms with Crippen LogP contribution >= 0.6 is 0 Å². The molecule has 0 radical (unpaired) electrons. The van der Waals surface area contributed by atoms with Crippen LogP contribution in [0.5, 0.6) is 0 Å². The van der Waals surface area contributed by atoms with Crippen molar-refractivity contribution in [2.24, 2.45) is 50.4 Å². The molecule has 0 unspecified atom stereocenters. The minimum Gasteiger partial charge on any atom is -0.201 e. The smallest absolute Gasteiger partial charge is 0.201 e. The van der Waals surface area contributed by atoms with Crippen molar-refractivity contribution in [3.05, 3.63) is 211 Å². The monoisotopic (exact) mass is 1110 g/mol. The topological polar surface area (TPSA) is 15.5 Å². The molecule has 0 saturated heterocycles. The molecule has 0 atom stereocenters. The first kappa shape index (κ1) is 67.3. The highest BCUT2D eigenvalue weighted by molar-refractivity contribution is 5.65. The van der Waals surface area contributed by atoms with Crippen LogP contribution in [-0.4, -0.2) is 0 Å². The van der Waals surface area contributed by atoms with Crippen LogP contribution in [0.4, 0.5) is 0 Å². The second-order valence-corrected chi connectivity index (χ2v) is 29.0. The lowest BCUT2D eigenvalue weighted by Gasteiger charge is -2.19. The molecule has 0 bridgehead atoms. The summed E-state index contributed by atoms with van der Waals surface area (Å²) in [7, 11) is 8.55. The Hall–Kier alpha value is -6.52. The number of aromatic nitrogens is 4. The molecule has 4 aromatic heterocycles. The van der Waals surface area contributed by atoms with Gasteiger partial charge in [-0.3, -0.25) is 0 Å². The second-order valence-electron chi connectivity index (χ2n) is 29.0. The van der Waals surface area contributed by atoms with Crippen LogP contribution in [0, 0.1) is 105 Å². The Morgan fingerprint density at radius 3 is 1.01 bits per heavy atom. The van der Waals surface area contributed by atoms with E-state index in [-0.39, 0.29) is 0 Å². The fraction of sp³-hybridized carbons (Fsp3) is 0.443. The van der Waals surface area contributed by atoms with E-state index >= 15 is 0 Å². The van der Waals surface area contributed by atoms with Gasteiger partial charge in [-0.2, -0.15) is 0 Å². The predicted octanol–water partition coefficient (Wildman–Crippen LogP) is 18.4. The number of aryl methyl sites for hydroxylation is 16. The average Bonchev–Trinajstić information content (AvgIpc) is 3.22. The molecule has 4 heteroatoms. The van der Waals surface area contributed by atoms with Crippen molar-refractivity contribution >= 4 is 0 Å². The summed E-state index contributed by atoms with van der Waals surface area (Å²) in [6.07, 6.45) is 13.5. The molecular weight excluding hydrogens is 1000 g/mol. The number of benzene rings is 4. The van der Waals surface area contributed by atoms with Gasteiger partial charge in [-0.1, -0.05) is 136 Å². The Bertz CT molecular complexity index is 3540. The van der Waals surface area contributed by atoms with E-state index in [9.17, 15) is 0 Å². The molecule has 442 valence electrons. The lowest BCUT2D eigenvalue weighted by atomic mass is 9.86. The van der Waals surface area contributed by atoms with Crippen molar-refractivity contribution in [2.45, 2.75) is 185 Å². The van der Waals surface area contributed by atoms with Crippen molar-refractivity contribution in [1.29, 1.82) is 0 Å². The van der Waals surface area contributed by atoms with Gasteiger partial charge in [0.2, 0.25) is 22.8 Å². The average molecular weight is 1120 g/mol. The minimum atomic E-state index is 0.310. The summed E-state index contributed by atoms with van der Waals surface area (Å²) < 4.78 is 8.98. The Balaban J connectivity index is 0.000000203. The third-order valence-corrected chi connectivity index (χ3v) is 15.9. The SMILES string of the molecule is Cc1cc(-c2ccc(CC(C)(C)C)cc2C)[n+](C)cc1C.Cc1cc(-c2ccc(CC(C)C)cc2C)[n+](C)cc1C.Cc1ccc(-c2cc(C)c(CC(C)(C)C)c[n+]2C)c(C)c1.Cc1ccc(-c2cc(CC(C)(C)C)c(C)c[n+]2C)c(C)c1. The Morgan fingerprint density at radius 2 is 0.627 bits per heavy atom. The predicted molar refractivity (Wildman–Crippen MR) is 357 cm³/mol. The molecule has 0 fully saturated rings. The van der Waals surface area contributed by atoms with Gasteiger partial charge in [0.1, 0.15) is 28.2 Å². The fourth-order valence-corrected chi connectivity index (χ4v) is 11.5. The maximum atomic E-state index is 2.37. The summed E-state index contributed by atoms with van der Waals surface area (Å²) in [5.41, 5.74) is 33.4. The van der Waals surface area contributed by atoms with E-state index in [0.29, 0.717) is 22.2 Å². The van der Waals surface area contributed by atoms with Crippen LogP contribution in [0.1, 0.15) is 165 Å². The first-order valence-corrected chi connectivity index (χ1v) is 30.7. The molecule has 0 aliphatic heterocycles. The van der Waals surface area contributed by atoms with E-state index in [1.165, 1.54) is 134 Å². The number of pyridine rings is 4. The molecule has 0 N–H and O–H groups in total. The van der Waals surface area contributed by atoms with E-state index in [1.54, 1.807) is 0 Å². The van der Waals surface area contributed by atoms with Crippen molar-refractivity contribution in [2.75, 3.05) is 0 Å². The Kier molecular flexibility index (Phi) is 22.6. The van der Waals surface area contributed by atoms with Gasteiger partial charge in [0.05, 0.1) is 0 Å². The van der Waals surface area contributed by atoms with Gasteiger partial charge in [-0.15, -0.1) is 0 Å². The van der Waals surface area contributed by atoms with Gasteiger partial charge in [0.15, 0.2) is 24.8 Å². The fourth-order valence-electron chi connectivity index (χ4n) is 11.5. The minimum absolute atomic E-state index is 0.310. The van der Waals surface area contributed by atoms with Crippen LogP contribution in [0.15, 0.2) is 122 Å². The molecule has 0 aliphatic rings. The molecule has 0 aliphatic carbocycles. The zero-order valence-corrected chi connectivity index (χ0v) is 57.2. The first-order valence-electron chi connectivity index (χ1n) is 30.7. The Morgan fingerprint density at radius 1 is 0.301 bits per heavy atom. The zero-order valence-electron chi connectivity index (χ0n) is 57.2. The van der Waals surface area contributed by atoms with Crippen LogP contribution in [-0.2, 0) is 53.9 Å². The zero-order chi connectivity index (χ0) is 62.2. The van der Waals surface area contributed by atoms with E-state index in [0.717, 1.165) is 25.7 Å². The summed E-state index contributed by atoms with van der Waals surface area (Å²) in [6.45, 7) is 51.5. The van der Waals surface area contributed by atoms with E-state index in [1.807, 2.05) is 0 Å². The van der Waals surface area contributed by atoms with Crippen molar-refractivity contribution in [3.8, 4) is 45.0 Å². The molecule has 8 aromatic rings. The van der Waals surface area contributed by atoms with Crippen LogP contribution in [0.2, 0.25) is 0 Å². The van der Waals surface area contributed by atoms with E-state index in [4.69, 9.17) is 0 Å². The number of rotatable bonds is 9. The van der Waals surface area contributed by atoms with Crippen molar-refractivity contribution in [3.63, 3.8) is 0 Å². The second kappa shape index (κ2) is 27.9. The molecule has 0 amide bonds. The standard InChI is InChI=1S/3C20H28N.C19H26N/c1-14-11-19(21(7)13-16(14)3)18-9-8-17(10-15(18)2)12-20(4,5)6;1-14-8-9-18(16(3)10-14)19-11-15(2)17(13-21(19)7)12-20(4,5)6;1-14-8-9-18(15(2)10-14)19-11-17(12-20(4,5)6)16(3)13-21(19)7;1-13(2)9-17-7-8-18(15(4)10-17)19-11-14(3)16(5)12-20(19)6/h3*8-11,13H,12H2,1-7H3;7-8,10-13H,9H2,1-6H3/q4*+1. The van der Waals surface area contributed by atoms with Gasteiger partial charge in [-0.05, 0) is 211 Å². The highest BCUT2D eigenvalue weighted by Gasteiger charge is 2.23. The summed E-state index contributed by atoms with van der Waals surface area (Å²) in [4.78, 5) is 0. The molecule has 8 rings (SSSR count). The lowest BCUT2D eigenvalue weighted by Crippen LogP contribution is -2.32. The molecule has 83 heavy (non-hydrogen) atoms. The third kappa shape index (κ3) is 19.5. The maximum absolute atomic E-state index is 2.37. The first-order chi connectivity index (χ1) is 38.4. The lowest BCUT2D eigenvalue weighted by molar-refractivity contribution is -0.661. The molecule has 4 aromatic carbocycles. The molecule has 0 saturated carbocycles. The third-order valence-electron chi connectivity index (χ3n) is 15.9. The highest BCUT2D eigenvalue weighted by Crippen LogP contribution is 2.31. The summed E-state index contributed by atoms with van der Waals surface area (Å²) in [5, 5.41) is 0. The number of hydrogen-bond acceptors (Lipinski definition) is 0. The largest absolute Gasteiger partial charge is 0.212 e. The molecule has 4 nitrogen and oxygen atoms in total. The van der Waals surface area contributed by atoms with Crippen LogP contribution < -0.4 is 18.3 Å². The number of nitrogens with zero attached hydrogens (tertiary/aromatic N) is 4. The molecule has 4 heterocycles. The highest BCUT2D eigenvalue weighted by atomic mass is 14.9. The van der Waals surface area contributed by atoms with Crippen molar-refractivity contribution in [1.82, 2.24) is 0 Å². The van der Waals surface area contributed by atoms with Crippen molar-refractivity contribution < 1.29 is 18.3 Å². The normalized spacial score (nSPS) is 11.6. The molecular formula is C79H110N4+4. The van der Waals surface area contributed by atoms with Crippen LogP contribution in [0.3, 0.4) is 0 Å². The van der Waals surface area contributed by atoms with E-state index < -0.39 is 0 Å². The Labute approximate surface area is 506 Å². The molecule has 0 spiro atoms.